The van der Waals surface area contributed by atoms with Gasteiger partial charge in [0.15, 0.2) is 11.2 Å². The van der Waals surface area contributed by atoms with Crippen molar-refractivity contribution in [2.24, 2.45) is 0 Å². The molecule has 11 aromatic rings. The fourth-order valence-electron chi connectivity index (χ4n) is 11.4. The molecule has 0 amide bonds. The maximum atomic E-state index is 7.66. The zero-order valence-electron chi connectivity index (χ0n) is 36.9. The first-order valence-electron chi connectivity index (χ1n) is 22.8. The van der Waals surface area contributed by atoms with Crippen LogP contribution in [0.5, 0.6) is 0 Å². The Kier molecular flexibility index (Phi) is 8.00. The van der Waals surface area contributed by atoms with Crippen LogP contribution in [0.2, 0.25) is 0 Å². The second-order valence-corrected chi connectivity index (χ2v) is 18.9. The van der Waals surface area contributed by atoms with Crippen molar-refractivity contribution >= 4 is 77.6 Å². The molecule has 3 nitrogen and oxygen atoms in total. The number of para-hydroxylation sites is 2. The van der Waals surface area contributed by atoms with E-state index in [1.54, 1.807) is 0 Å². The molecular formula is C62H46N2O. The van der Waals surface area contributed by atoms with E-state index in [1.165, 1.54) is 44.5 Å². The summed E-state index contributed by atoms with van der Waals surface area (Å²) in [6.45, 7) is 9.42. The zero-order valence-corrected chi connectivity index (χ0v) is 36.9. The lowest BCUT2D eigenvalue weighted by atomic mass is 9.82. The molecule has 2 aliphatic carbocycles. The Morgan fingerprint density at radius 1 is 0.323 bits per heavy atom. The summed E-state index contributed by atoms with van der Waals surface area (Å²) in [5, 5.41) is 6.85. The summed E-state index contributed by atoms with van der Waals surface area (Å²) in [5.41, 5.74) is 18.3. The Hall–Kier alpha value is -7.88. The summed E-state index contributed by atoms with van der Waals surface area (Å²) in [4.78, 5) is 4.82. The molecule has 0 unspecified atom stereocenters. The summed E-state index contributed by atoms with van der Waals surface area (Å²) in [6.07, 6.45) is 0. The van der Waals surface area contributed by atoms with E-state index in [-0.39, 0.29) is 10.8 Å². The van der Waals surface area contributed by atoms with Crippen LogP contribution in [0.1, 0.15) is 49.9 Å². The van der Waals surface area contributed by atoms with E-state index >= 15 is 0 Å². The first kappa shape index (κ1) is 37.7. The third-order valence-corrected chi connectivity index (χ3v) is 14.6. The highest BCUT2D eigenvalue weighted by molar-refractivity contribution is 6.31. The van der Waals surface area contributed by atoms with Crippen LogP contribution in [0.25, 0.3) is 65.7 Å². The van der Waals surface area contributed by atoms with Crippen LogP contribution >= 0.6 is 0 Å². The van der Waals surface area contributed by atoms with Crippen LogP contribution in [0.15, 0.2) is 211 Å². The minimum Gasteiger partial charge on any atom is -0.452 e. The van der Waals surface area contributed by atoms with Crippen molar-refractivity contribution in [1.29, 1.82) is 0 Å². The summed E-state index contributed by atoms with van der Waals surface area (Å²) in [5.74, 6) is 0. The van der Waals surface area contributed by atoms with Crippen LogP contribution < -0.4 is 9.80 Å². The van der Waals surface area contributed by atoms with Crippen molar-refractivity contribution < 1.29 is 4.42 Å². The molecule has 0 spiro atoms. The highest BCUT2D eigenvalue weighted by atomic mass is 16.3. The Balaban J connectivity index is 1.12. The van der Waals surface area contributed by atoms with Crippen LogP contribution in [0.4, 0.5) is 34.1 Å². The third-order valence-electron chi connectivity index (χ3n) is 14.6. The molecule has 3 heteroatoms. The lowest BCUT2D eigenvalue weighted by molar-refractivity contribution is 0.660. The number of anilines is 6. The molecule has 310 valence electrons. The average molecular weight is 835 g/mol. The molecule has 0 radical (unpaired) electrons. The monoisotopic (exact) mass is 834 g/mol. The molecular weight excluding hydrogens is 789 g/mol. The zero-order chi connectivity index (χ0) is 43.6. The van der Waals surface area contributed by atoms with Crippen LogP contribution in [-0.4, -0.2) is 0 Å². The number of hydrogen-bond donors (Lipinski definition) is 0. The SMILES string of the molecule is CC1(C)c2ccccc2-c2ccc(N(c3ccccc3)c3cc4ccccc4c4c3oc3c(N(c5ccccc5)c5ccc6c(c5)C(C)(C)c5ccccc5-6)cc5ccccc5c34)cc21. The Labute approximate surface area is 379 Å². The van der Waals surface area contributed by atoms with Crippen LogP contribution in [0, 0.1) is 0 Å². The molecule has 65 heavy (non-hydrogen) atoms. The highest BCUT2D eigenvalue weighted by Crippen LogP contribution is 2.55. The maximum Gasteiger partial charge on any atom is 0.160 e. The molecule has 10 aromatic carbocycles. The van der Waals surface area contributed by atoms with Gasteiger partial charge in [-0.25, -0.2) is 0 Å². The summed E-state index contributed by atoms with van der Waals surface area (Å²) >= 11 is 0. The van der Waals surface area contributed by atoms with Crippen LogP contribution in [0.3, 0.4) is 0 Å². The predicted octanol–water partition coefficient (Wildman–Crippen LogP) is 17.4. The van der Waals surface area contributed by atoms with Crippen molar-refractivity contribution in [2.45, 2.75) is 38.5 Å². The van der Waals surface area contributed by atoms with E-state index in [4.69, 9.17) is 4.42 Å². The minimum atomic E-state index is -0.160. The number of hydrogen-bond acceptors (Lipinski definition) is 3. The van der Waals surface area contributed by atoms with E-state index in [9.17, 15) is 0 Å². The molecule has 0 aliphatic heterocycles. The fourth-order valence-corrected chi connectivity index (χ4v) is 11.4. The molecule has 13 rings (SSSR count). The summed E-state index contributed by atoms with van der Waals surface area (Å²) in [7, 11) is 0. The average Bonchev–Trinajstić information content (AvgIpc) is 3.94. The molecule has 1 aromatic heterocycles. The molecule has 2 aliphatic rings. The van der Waals surface area contributed by atoms with Gasteiger partial charge < -0.3 is 14.2 Å². The number of fused-ring (bicyclic) bond motifs is 13. The van der Waals surface area contributed by atoms with Crippen molar-refractivity contribution in [2.75, 3.05) is 9.80 Å². The molecule has 0 saturated heterocycles. The molecule has 0 saturated carbocycles. The number of benzene rings is 10. The Bertz CT molecular complexity index is 3480. The second kappa shape index (κ2) is 13.8. The predicted molar refractivity (Wildman–Crippen MR) is 273 cm³/mol. The summed E-state index contributed by atoms with van der Waals surface area (Å²) < 4.78 is 7.66. The van der Waals surface area contributed by atoms with Gasteiger partial charge in [-0.3, -0.25) is 0 Å². The van der Waals surface area contributed by atoms with Gasteiger partial charge in [0.2, 0.25) is 0 Å². The smallest absolute Gasteiger partial charge is 0.160 e. The van der Waals surface area contributed by atoms with Gasteiger partial charge in [-0.05, 0) is 127 Å². The van der Waals surface area contributed by atoms with E-state index in [2.05, 4.69) is 244 Å². The minimum absolute atomic E-state index is 0.160. The van der Waals surface area contributed by atoms with Crippen molar-refractivity contribution in [3.63, 3.8) is 0 Å². The molecule has 0 N–H and O–H groups in total. The van der Waals surface area contributed by atoms with E-state index in [0.717, 1.165) is 77.6 Å². The highest BCUT2D eigenvalue weighted by Gasteiger charge is 2.38. The molecule has 0 fully saturated rings. The van der Waals surface area contributed by atoms with Gasteiger partial charge >= 0.3 is 0 Å². The topological polar surface area (TPSA) is 19.6 Å². The quantitative estimate of drug-likeness (QED) is 0.166. The fraction of sp³-hybridized carbons (Fsp3) is 0.0968. The lowest BCUT2D eigenvalue weighted by Crippen LogP contribution is -2.16. The summed E-state index contributed by atoms with van der Waals surface area (Å²) in [6, 6.07) is 75.6. The normalized spacial score (nSPS) is 14.1. The first-order valence-corrected chi connectivity index (χ1v) is 22.8. The largest absolute Gasteiger partial charge is 0.452 e. The number of nitrogens with zero attached hydrogens (tertiary/aromatic N) is 2. The standard InChI is InChI=1S/C62H46N2O/c1-61(2)51-29-17-15-27-47(51)49-33-31-43(37-53(49)61)63(41-21-7-5-8-22-41)55-35-39-19-11-13-25-45(39)57-58-46-26-14-12-20-40(46)36-56(60(58)65-59(55)57)64(42-23-9-6-10-24-42)44-32-34-50-48-28-16-18-30-52(48)62(3,4)54(50)38-44/h5-38H,1-4H3. The molecule has 0 bridgehead atoms. The molecule has 0 atom stereocenters. The van der Waals surface area contributed by atoms with Crippen LogP contribution in [-0.2, 0) is 10.8 Å². The van der Waals surface area contributed by atoms with Gasteiger partial charge in [0.1, 0.15) is 0 Å². The van der Waals surface area contributed by atoms with Gasteiger partial charge in [0, 0.05) is 44.4 Å². The van der Waals surface area contributed by atoms with Crippen molar-refractivity contribution in [1.82, 2.24) is 0 Å². The van der Waals surface area contributed by atoms with Gasteiger partial charge in [-0.15, -0.1) is 0 Å². The number of furan rings is 1. The van der Waals surface area contributed by atoms with Gasteiger partial charge in [-0.2, -0.15) is 0 Å². The van der Waals surface area contributed by atoms with Crippen molar-refractivity contribution in [3.05, 3.63) is 229 Å². The Morgan fingerprint density at radius 3 is 1.14 bits per heavy atom. The lowest BCUT2D eigenvalue weighted by Gasteiger charge is -2.28. The third kappa shape index (κ3) is 5.42. The second-order valence-electron chi connectivity index (χ2n) is 18.9. The van der Waals surface area contributed by atoms with E-state index < -0.39 is 0 Å². The maximum absolute atomic E-state index is 7.66. The van der Waals surface area contributed by atoms with Gasteiger partial charge in [0.05, 0.1) is 11.4 Å². The number of rotatable bonds is 6. The van der Waals surface area contributed by atoms with E-state index in [0.29, 0.717) is 0 Å². The Morgan fingerprint density at radius 2 is 0.692 bits per heavy atom. The molecule has 1 heterocycles. The van der Waals surface area contributed by atoms with Crippen molar-refractivity contribution in [3.8, 4) is 22.3 Å². The first-order chi connectivity index (χ1) is 31.8. The van der Waals surface area contributed by atoms with E-state index in [1.807, 2.05) is 0 Å². The van der Waals surface area contributed by atoms with Gasteiger partial charge in [0.25, 0.3) is 0 Å². The van der Waals surface area contributed by atoms with Gasteiger partial charge in [-0.1, -0.05) is 173 Å².